The van der Waals surface area contributed by atoms with Gasteiger partial charge in [-0.2, -0.15) is 0 Å². The standard InChI is InChI=1S/C51H32N4OS/c1-3-12-31(13-4-1)49-52-50(32-14-5-2-6-15-32)54-51(53-49)40-19-11-18-39-42-29-34(23-27-47(42)57-48(39)40)33-22-26-45-41(28-33)38-25-24-35(30-46(38)56-45)55-43-20-9-7-16-36(43)37-17-8-10-21-44(37)55/h1-30,49H,(H,52,53,54). The highest BCUT2D eigenvalue weighted by Crippen LogP contribution is 2.41. The minimum Gasteiger partial charge on any atom is -0.456 e. The summed E-state index contributed by atoms with van der Waals surface area (Å²) < 4.78 is 11.3. The van der Waals surface area contributed by atoms with E-state index in [1.807, 2.05) is 24.3 Å². The summed E-state index contributed by atoms with van der Waals surface area (Å²) in [6, 6.07) is 64.4. The van der Waals surface area contributed by atoms with Crippen molar-refractivity contribution in [2.75, 3.05) is 0 Å². The van der Waals surface area contributed by atoms with Gasteiger partial charge in [0.2, 0.25) is 0 Å². The maximum atomic E-state index is 6.53. The predicted molar refractivity (Wildman–Crippen MR) is 238 cm³/mol. The lowest BCUT2D eigenvalue weighted by Gasteiger charge is -2.23. The Morgan fingerprint density at radius 2 is 1.19 bits per heavy atom. The van der Waals surface area contributed by atoms with Gasteiger partial charge >= 0.3 is 0 Å². The van der Waals surface area contributed by atoms with Crippen LogP contribution in [0.5, 0.6) is 0 Å². The summed E-state index contributed by atoms with van der Waals surface area (Å²) in [4.78, 5) is 10.3. The number of hydrogen-bond acceptors (Lipinski definition) is 5. The predicted octanol–water partition coefficient (Wildman–Crippen LogP) is 13.2. The van der Waals surface area contributed by atoms with Crippen LogP contribution < -0.4 is 5.32 Å². The molecule has 1 N–H and O–H groups in total. The molecule has 1 unspecified atom stereocenters. The van der Waals surface area contributed by atoms with Crippen molar-refractivity contribution in [1.29, 1.82) is 0 Å². The Kier molecular flexibility index (Phi) is 7.09. The smallest absolute Gasteiger partial charge is 0.160 e. The zero-order chi connectivity index (χ0) is 37.5. The lowest BCUT2D eigenvalue weighted by atomic mass is 10.00. The molecule has 0 fully saturated rings. The van der Waals surface area contributed by atoms with Crippen LogP contribution in [-0.2, 0) is 0 Å². The molecule has 0 radical (unpaired) electrons. The zero-order valence-electron chi connectivity index (χ0n) is 30.6. The topological polar surface area (TPSA) is 54.8 Å². The van der Waals surface area contributed by atoms with Gasteiger partial charge in [0, 0.05) is 64.6 Å². The summed E-state index contributed by atoms with van der Waals surface area (Å²) in [5, 5.41) is 10.7. The van der Waals surface area contributed by atoms with Gasteiger partial charge in [-0.1, -0.05) is 121 Å². The molecule has 1 atom stereocenters. The van der Waals surface area contributed by atoms with Gasteiger partial charge < -0.3 is 14.3 Å². The molecule has 0 amide bonds. The Morgan fingerprint density at radius 3 is 1.98 bits per heavy atom. The van der Waals surface area contributed by atoms with Gasteiger partial charge in [-0.25, -0.2) is 9.98 Å². The molecule has 12 rings (SSSR count). The van der Waals surface area contributed by atoms with Gasteiger partial charge in [-0.3, -0.25) is 0 Å². The van der Waals surface area contributed by atoms with Crippen molar-refractivity contribution in [2.45, 2.75) is 6.17 Å². The van der Waals surface area contributed by atoms with Gasteiger partial charge in [0.05, 0.1) is 11.0 Å². The third-order valence-corrected chi connectivity index (χ3v) is 12.5. The lowest BCUT2D eigenvalue weighted by molar-refractivity contribution is 0.668. The maximum absolute atomic E-state index is 6.53. The van der Waals surface area contributed by atoms with E-state index in [4.69, 9.17) is 14.4 Å². The number of hydrogen-bond donors (Lipinski definition) is 1. The Bertz CT molecular complexity index is 3390. The molecule has 268 valence electrons. The Hall–Kier alpha value is -7.28. The summed E-state index contributed by atoms with van der Waals surface area (Å²) in [6.07, 6.45) is -0.251. The fraction of sp³-hybridized carbons (Fsp3) is 0.0196. The Labute approximate surface area is 331 Å². The van der Waals surface area contributed by atoms with E-state index >= 15 is 0 Å². The van der Waals surface area contributed by atoms with E-state index in [0.29, 0.717) is 0 Å². The Morgan fingerprint density at radius 1 is 0.509 bits per heavy atom. The van der Waals surface area contributed by atoms with E-state index in [0.717, 1.165) is 61.6 Å². The number of nitrogens with zero attached hydrogens (tertiary/aromatic N) is 3. The molecule has 0 aliphatic carbocycles. The highest BCUT2D eigenvalue weighted by molar-refractivity contribution is 7.26. The fourth-order valence-corrected chi connectivity index (χ4v) is 9.75. The second-order valence-electron chi connectivity index (χ2n) is 14.6. The van der Waals surface area contributed by atoms with E-state index < -0.39 is 0 Å². The van der Waals surface area contributed by atoms with E-state index in [1.165, 1.54) is 47.5 Å². The first-order valence-corrected chi connectivity index (χ1v) is 20.0. The molecule has 0 saturated heterocycles. The highest BCUT2D eigenvalue weighted by atomic mass is 32.1. The van der Waals surface area contributed by atoms with Gasteiger partial charge in [0.25, 0.3) is 0 Å². The van der Waals surface area contributed by atoms with Crippen LogP contribution in [0, 0.1) is 0 Å². The quantitative estimate of drug-likeness (QED) is 0.191. The largest absolute Gasteiger partial charge is 0.456 e. The van der Waals surface area contributed by atoms with E-state index in [-0.39, 0.29) is 6.17 Å². The van der Waals surface area contributed by atoms with Crippen molar-refractivity contribution >= 4 is 86.9 Å². The number of para-hydroxylation sites is 2. The minimum atomic E-state index is -0.251. The van der Waals surface area contributed by atoms with Crippen molar-refractivity contribution in [2.24, 2.45) is 9.98 Å². The number of furan rings is 1. The molecular formula is C51H32N4OS. The molecule has 6 heteroatoms. The molecule has 1 aliphatic rings. The molecule has 11 aromatic rings. The normalized spacial score (nSPS) is 14.5. The second kappa shape index (κ2) is 12.6. The van der Waals surface area contributed by atoms with Crippen molar-refractivity contribution in [3.63, 3.8) is 0 Å². The monoisotopic (exact) mass is 748 g/mol. The molecule has 4 heterocycles. The zero-order valence-corrected chi connectivity index (χ0v) is 31.4. The summed E-state index contributed by atoms with van der Waals surface area (Å²) in [5.74, 6) is 1.55. The van der Waals surface area contributed by atoms with Crippen LogP contribution in [0.25, 0.3) is 80.7 Å². The average molecular weight is 749 g/mol. The van der Waals surface area contributed by atoms with Crippen LogP contribution in [0.15, 0.2) is 196 Å². The summed E-state index contributed by atoms with van der Waals surface area (Å²) >= 11 is 1.80. The average Bonchev–Trinajstić information content (AvgIpc) is 3.95. The number of fused-ring (bicyclic) bond motifs is 9. The summed E-state index contributed by atoms with van der Waals surface area (Å²) in [7, 11) is 0. The van der Waals surface area contributed by atoms with E-state index in [9.17, 15) is 0 Å². The van der Waals surface area contributed by atoms with Crippen LogP contribution in [-0.4, -0.2) is 16.2 Å². The number of aromatic nitrogens is 1. The van der Waals surface area contributed by atoms with Crippen LogP contribution in [0.3, 0.4) is 0 Å². The SMILES string of the molecule is c1ccc(C2=NC(c3cccc4c3sc3ccc(-c5ccc6oc7cc(-n8c9ccccc9c9ccccc98)ccc7c6c5)cc34)=NC(c3ccccc3)N2)cc1. The van der Waals surface area contributed by atoms with Crippen LogP contribution in [0.2, 0.25) is 0 Å². The van der Waals surface area contributed by atoms with Crippen LogP contribution in [0.4, 0.5) is 0 Å². The first-order chi connectivity index (χ1) is 28.2. The second-order valence-corrected chi connectivity index (χ2v) is 15.6. The number of thiophene rings is 1. The van der Waals surface area contributed by atoms with Gasteiger partial charge in [0.1, 0.15) is 23.2 Å². The van der Waals surface area contributed by atoms with Crippen molar-refractivity contribution in [3.05, 3.63) is 199 Å². The van der Waals surface area contributed by atoms with Gasteiger partial charge in [-0.05, 0) is 71.3 Å². The van der Waals surface area contributed by atoms with E-state index in [2.05, 4.69) is 168 Å². The molecular weight excluding hydrogens is 717 g/mol. The molecule has 1 aliphatic heterocycles. The third kappa shape index (κ3) is 5.15. The highest BCUT2D eigenvalue weighted by Gasteiger charge is 2.23. The van der Waals surface area contributed by atoms with Gasteiger partial charge in [0.15, 0.2) is 5.84 Å². The molecule has 0 saturated carbocycles. The molecule has 3 aromatic heterocycles. The minimum absolute atomic E-state index is 0.251. The first kappa shape index (κ1) is 32.0. The summed E-state index contributed by atoms with van der Waals surface area (Å²) in [5.41, 5.74) is 10.7. The molecule has 5 nitrogen and oxygen atoms in total. The first-order valence-electron chi connectivity index (χ1n) is 19.2. The van der Waals surface area contributed by atoms with Crippen LogP contribution >= 0.6 is 11.3 Å². The van der Waals surface area contributed by atoms with Crippen molar-refractivity contribution in [3.8, 4) is 16.8 Å². The lowest BCUT2D eigenvalue weighted by Crippen LogP contribution is -2.33. The van der Waals surface area contributed by atoms with Gasteiger partial charge in [-0.15, -0.1) is 11.3 Å². The number of aliphatic imine (C=N–C) groups is 2. The number of rotatable bonds is 5. The molecule has 0 bridgehead atoms. The fourth-order valence-electron chi connectivity index (χ4n) is 8.56. The van der Waals surface area contributed by atoms with E-state index in [1.54, 1.807) is 11.3 Å². The van der Waals surface area contributed by atoms with Crippen molar-refractivity contribution in [1.82, 2.24) is 9.88 Å². The molecule has 0 spiro atoms. The number of amidine groups is 2. The Balaban J connectivity index is 0.946. The third-order valence-electron chi connectivity index (χ3n) is 11.3. The molecule has 8 aromatic carbocycles. The number of benzene rings is 8. The summed E-state index contributed by atoms with van der Waals surface area (Å²) in [6.45, 7) is 0. The number of nitrogens with one attached hydrogen (secondary N) is 1. The maximum Gasteiger partial charge on any atom is 0.160 e. The molecule has 57 heavy (non-hydrogen) atoms. The van der Waals surface area contributed by atoms with Crippen molar-refractivity contribution < 1.29 is 4.42 Å². The van der Waals surface area contributed by atoms with Crippen LogP contribution in [0.1, 0.15) is 22.9 Å².